The normalized spacial score (nSPS) is 11.2. The van der Waals surface area contributed by atoms with Crippen molar-refractivity contribution in [3.63, 3.8) is 0 Å². The summed E-state index contributed by atoms with van der Waals surface area (Å²) < 4.78 is 15.4. The van der Waals surface area contributed by atoms with Crippen LogP contribution in [0.15, 0.2) is 53.5 Å². The number of aromatic hydroxyl groups is 1. The Hall–Kier alpha value is -3.48. The van der Waals surface area contributed by atoms with Gasteiger partial charge in [0.1, 0.15) is 22.9 Å². The van der Waals surface area contributed by atoms with E-state index < -0.39 is 0 Å². The molecule has 0 spiro atoms. The number of H-pyrrole nitrogens is 1. The van der Waals surface area contributed by atoms with Crippen LogP contribution in [-0.2, 0) is 6.54 Å². The van der Waals surface area contributed by atoms with Crippen molar-refractivity contribution in [2.75, 3.05) is 0 Å². The molecule has 0 amide bonds. The summed E-state index contributed by atoms with van der Waals surface area (Å²) in [6.07, 6.45) is 1.52. The summed E-state index contributed by atoms with van der Waals surface area (Å²) in [4.78, 5) is 19.1. The van der Waals surface area contributed by atoms with E-state index in [4.69, 9.17) is 0 Å². The van der Waals surface area contributed by atoms with Crippen molar-refractivity contribution in [1.82, 2.24) is 19.7 Å². The summed E-state index contributed by atoms with van der Waals surface area (Å²) >= 11 is 0. The minimum Gasteiger partial charge on any atom is -0.508 e. The fourth-order valence-corrected chi connectivity index (χ4v) is 2.96. The second kappa shape index (κ2) is 6.11. The fourth-order valence-electron chi connectivity index (χ4n) is 2.96. The highest BCUT2D eigenvalue weighted by atomic mass is 19.1. The van der Waals surface area contributed by atoms with E-state index in [-0.39, 0.29) is 23.7 Å². The van der Waals surface area contributed by atoms with Gasteiger partial charge in [-0.1, -0.05) is 30.3 Å². The molecule has 0 aliphatic heterocycles. The first-order chi connectivity index (χ1) is 12.5. The highest BCUT2D eigenvalue weighted by molar-refractivity contribution is 5.73. The van der Waals surface area contributed by atoms with E-state index >= 15 is 0 Å². The Morgan fingerprint density at radius 3 is 2.81 bits per heavy atom. The Morgan fingerprint density at radius 1 is 1.23 bits per heavy atom. The third-order valence-corrected chi connectivity index (χ3v) is 4.21. The average Bonchev–Trinajstić information content (AvgIpc) is 3.00. The molecule has 0 aliphatic rings. The number of aryl methyl sites for hydroxylation is 1. The van der Waals surface area contributed by atoms with E-state index in [1.54, 1.807) is 37.3 Å². The van der Waals surface area contributed by atoms with Gasteiger partial charge < -0.3 is 10.1 Å². The van der Waals surface area contributed by atoms with Crippen molar-refractivity contribution < 1.29 is 9.50 Å². The largest absolute Gasteiger partial charge is 0.508 e. The van der Waals surface area contributed by atoms with Crippen molar-refractivity contribution >= 4 is 11.0 Å². The van der Waals surface area contributed by atoms with Gasteiger partial charge >= 0.3 is 0 Å². The second-order valence-corrected chi connectivity index (χ2v) is 6.01. The minimum atomic E-state index is -0.356. The van der Waals surface area contributed by atoms with Crippen LogP contribution in [0.5, 0.6) is 5.75 Å². The van der Waals surface area contributed by atoms with Gasteiger partial charge in [-0.05, 0) is 24.6 Å². The molecule has 2 heterocycles. The number of halogens is 1. The van der Waals surface area contributed by atoms with E-state index in [1.165, 1.54) is 23.0 Å². The first-order valence-corrected chi connectivity index (χ1v) is 8.02. The maximum Gasteiger partial charge on any atom is 0.277 e. The van der Waals surface area contributed by atoms with E-state index in [0.717, 1.165) is 0 Å². The standard InChI is InChI=1S/C19H15FN4O2/c1-11-22-16-9-21-24(18(16)19(26)23-11)10-13-7-6-12(8-17(13)25)14-4-2-3-5-15(14)20/h2-9,25H,10H2,1H3,(H,22,23,26). The molecule has 0 atom stereocenters. The van der Waals surface area contributed by atoms with Gasteiger partial charge in [0, 0.05) is 11.1 Å². The molecular formula is C19H15FN4O2. The Morgan fingerprint density at radius 2 is 2.04 bits per heavy atom. The van der Waals surface area contributed by atoms with Crippen LogP contribution in [0.3, 0.4) is 0 Å². The van der Waals surface area contributed by atoms with Crippen LogP contribution in [0.2, 0.25) is 0 Å². The number of rotatable bonds is 3. The van der Waals surface area contributed by atoms with Crippen LogP contribution in [0.1, 0.15) is 11.4 Å². The summed E-state index contributed by atoms with van der Waals surface area (Å²) in [5.74, 6) is 0.163. The lowest BCUT2D eigenvalue weighted by Gasteiger charge is -2.09. The van der Waals surface area contributed by atoms with Gasteiger partial charge in [-0.2, -0.15) is 5.10 Å². The number of fused-ring (bicyclic) bond motifs is 1. The van der Waals surface area contributed by atoms with Gasteiger partial charge in [0.2, 0.25) is 0 Å². The summed E-state index contributed by atoms with van der Waals surface area (Å²) in [6.45, 7) is 1.89. The van der Waals surface area contributed by atoms with E-state index in [0.29, 0.717) is 33.5 Å². The van der Waals surface area contributed by atoms with Crippen molar-refractivity contribution in [1.29, 1.82) is 0 Å². The quantitative estimate of drug-likeness (QED) is 0.595. The van der Waals surface area contributed by atoms with E-state index in [2.05, 4.69) is 15.1 Å². The van der Waals surface area contributed by atoms with Gasteiger partial charge in [0.25, 0.3) is 5.56 Å². The lowest BCUT2D eigenvalue weighted by Crippen LogP contribution is -2.14. The second-order valence-electron chi connectivity index (χ2n) is 6.01. The molecule has 0 fully saturated rings. The molecule has 0 saturated carbocycles. The molecule has 4 rings (SSSR count). The number of nitrogens with zero attached hydrogens (tertiary/aromatic N) is 3. The SMILES string of the molecule is Cc1nc2cnn(Cc3ccc(-c4ccccc4F)cc3O)c2c(=O)[nH]1. The van der Waals surface area contributed by atoms with Gasteiger partial charge in [-0.3, -0.25) is 9.48 Å². The van der Waals surface area contributed by atoms with Crippen LogP contribution in [0.25, 0.3) is 22.2 Å². The first kappa shape index (κ1) is 16.0. The molecule has 2 aromatic carbocycles. The molecule has 0 bridgehead atoms. The molecule has 0 radical (unpaired) electrons. The number of hydrogen-bond donors (Lipinski definition) is 2. The average molecular weight is 350 g/mol. The van der Waals surface area contributed by atoms with Gasteiger partial charge in [-0.15, -0.1) is 0 Å². The summed E-state index contributed by atoms with van der Waals surface area (Å²) in [7, 11) is 0. The molecule has 6 nitrogen and oxygen atoms in total. The smallest absolute Gasteiger partial charge is 0.277 e. The molecule has 2 aromatic heterocycles. The topological polar surface area (TPSA) is 83.8 Å². The zero-order valence-electron chi connectivity index (χ0n) is 13.9. The maximum absolute atomic E-state index is 13.9. The van der Waals surface area contributed by atoms with Crippen LogP contribution >= 0.6 is 0 Å². The van der Waals surface area contributed by atoms with Crippen LogP contribution in [0, 0.1) is 12.7 Å². The fraction of sp³-hybridized carbons (Fsp3) is 0.105. The monoisotopic (exact) mass is 350 g/mol. The third-order valence-electron chi connectivity index (χ3n) is 4.21. The lowest BCUT2D eigenvalue weighted by atomic mass is 10.0. The zero-order valence-corrected chi connectivity index (χ0v) is 13.9. The van der Waals surface area contributed by atoms with Crippen molar-refractivity contribution in [2.24, 2.45) is 0 Å². The number of aromatic nitrogens is 4. The van der Waals surface area contributed by atoms with Gasteiger partial charge in [-0.25, -0.2) is 9.37 Å². The van der Waals surface area contributed by atoms with Crippen molar-refractivity contribution in [3.8, 4) is 16.9 Å². The maximum atomic E-state index is 13.9. The predicted octanol–water partition coefficient (Wildman–Crippen LogP) is 2.99. The van der Waals surface area contributed by atoms with Crippen LogP contribution in [0.4, 0.5) is 4.39 Å². The highest BCUT2D eigenvalue weighted by Gasteiger charge is 2.13. The molecule has 0 aliphatic carbocycles. The number of hydrogen-bond acceptors (Lipinski definition) is 4. The molecule has 0 saturated heterocycles. The van der Waals surface area contributed by atoms with Crippen molar-refractivity contribution in [2.45, 2.75) is 13.5 Å². The number of aromatic amines is 1. The highest BCUT2D eigenvalue weighted by Crippen LogP contribution is 2.29. The lowest BCUT2D eigenvalue weighted by molar-refractivity contribution is 0.464. The molecule has 26 heavy (non-hydrogen) atoms. The number of nitrogens with one attached hydrogen (secondary N) is 1. The summed E-state index contributed by atoms with van der Waals surface area (Å²) in [5.41, 5.74) is 2.10. The van der Waals surface area contributed by atoms with Gasteiger partial charge in [0.15, 0.2) is 5.52 Å². The zero-order chi connectivity index (χ0) is 18.3. The van der Waals surface area contributed by atoms with Crippen LogP contribution < -0.4 is 5.56 Å². The Balaban J connectivity index is 1.72. The predicted molar refractivity (Wildman–Crippen MR) is 95.5 cm³/mol. The molecule has 130 valence electrons. The molecular weight excluding hydrogens is 335 g/mol. The minimum absolute atomic E-state index is 0.00547. The van der Waals surface area contributed by atoms with Crippen molar-refractivity contribution in [3.05, 3.63) is 76.2 Å². The Bertz CT molecular complexity index is 1180. The summed E-state index contributed by atoms with van der Waals surface area (Å²) in [6, 6.07) is 11.3. The molecule has 7 heteroatoms. The number of phenolic OH excluding ortho intramolecular Hbond substituents is 1. The molecule has 4 aromatic rings. The van der Waals surface area contributed by atoms with Gasteiger partial charge in [0.05, 0.1) is 12.7 Å². The Kier molecular flexibility index (Phi) is 3.76. The number of phenols is 1. The van der Waals surface area contributed by atoms with E-state index in [9.17, 15) is 14.3 Å². The molecule has 2 N–H and O–H groups in total. The summed E-state index contributed by atoms with van der Waals surface area (Å²) in [5, 5.41) is 14.6. The molecule has 0 unspecified atom stereocenters. The third kappa shape index (κ3) is 2.73. The number of benzene rings is 2. The van der Waals surface area contributed by atoms with E-state index in [1.807, 2.05) is 0 Å². The Labute approximate surface area is 147 Å². The first-order valence-electron chi connectivity index (χ1n) is 8.02. The van der Waals surface area contributed by atoms with Crippen LogP contribution in [-0.4, -0.2) is 24.9 Å².